The van der Waals surface area contributed by atoms with Gasteiger partial charge in [0.15, 0.2) is 5.82 Å². The predicted molar refractivity (Wildman–Crippen MR) is 75.1 cm³/mol. The third kappa shape index (κ3) is 3.57. The van der Waals surface area contributed by atoms with Crippen molar-refractivity contribution in [2.24, 2.45) is 5.73 Å². The van der Waals surface area contributed by atoms with Gasteiger partial charge in [-0.2, -0.15) is 0 Å². The lowest BCUT2D eigenvalue weighted by atomic mass is 10.3. The molecule has 0 aromatic carbocycles. The highest BCUT2D eigenvalue weighted by molar-refractivity contribution is 5.35. The van der Waals surface area contributed by atoms with Crippen molar-refractivity contribution in [1.29, 1.82) is 0 Å². The second-order valence-corrected chi connectivity index (χ2v) is 4.69. The number of nitrogens with two attached hydrogens (primary N) is 1. The highest BCUT2D eigenvalue weighted by atomic mass is 16.1. The van der Waals surface area contributed by atoms with E-state index in [0.29, 0.717) is 12.4 Å². The summed E-state index contributed by atoms with van der Waals surface area (Å²) >= 11 is 0. The summed E-state index contributed by atoms with van der Waals surface area (Å²) in [6.45, 7) is 8.34. The molecule has 0 saturated heterocycles. The van der Waals surface area contributed by atoms with Gasteiger partial charge in [-0.3, -0.25) is 4.79 Å². The molecule has 18 heavy (non-hydrogen) atoms. The summed E-state index contributed by atoms with van der Waals surface area (Å²) in [6, 6.07) is 0.150. The standard InChI is InChI=1S/C13H24N4O/c1-4-8-16(9-5-6-14)12-13(18)17(11(2)3)10-7-15-12/h7,10-11H,4-6,8-9,14H2,1-3H3. The van der Waals surface area contributed by atoms with Crippen LogP contribution in [-0.4, -0.2) is 29.2 Å². The van der Waals surface area contributed by atoms with E-state index >= 15 is 0 Å². The molecule has 1 aromatic rings. The van der Waals surface area contributed by atoms with Gasteiger partial charge in [0.2, 0.25) is 0 Å². The summed E-state index contributed by atoms with van der Waals surface area (Å²) in [7, 11) is 0. The van der Waals surface area contributed by atoms with Gasteiger partial charge in [0.25, 0.3) is 5.56 Å². The Hall–Kier alpha value is -1.36. The molecule has 102 valence electrons. The normalized spacial score (nSPS) is 10.9. The highest BCUT2D eigenvalue weighted by Crippen LogP contribution is 2.07. The van der Waals surface area contributed by atoms with Gasteiger partial charge in [-0.25, -0.2) is 4.98 Å². The first-order valence-corrected chi connectivity index (χ1v) is 6.64. The molecule has 0 aliphatic heterocycles. The molecule has 0 spiro atoms. The van der Waals surface area contributed by atoms with E-state index in [9.17, 15) is 4.79 Å². The zero-order valence-corrected chi connectivity index (χ0v) is 11.6. The van der Waals surface area contributed by atoms with Crippen LogP contribution in [0.1, 0.15) is 39.7 Å². The quantitative estimate of drug-likeness (QED) is 0.796. The third-order valence-electron chi connectivity index (χ3n) is 2.83. The molecule has 0 amide bonds. The molecule has 0 saturated carbocycles. The number of rotatable bonds is 7. The van der Waals surface area contributed by atoms with Gasteiger partial charge < -0.3 is 15.2 Å². The molecule has 0 fully saturated rings. The van der Waals surface area contributed by atoms with Gasteiger partial charge in [0.05, 0.1) is 0 Å². The lowest BCUT2D eigenvalue weighted by Gasteiger charge is -2.23. The van der Waals surface area contributed by atoms with Crippen LogP contribution in [-0.2, 0) is 0 Å². The molecule has 2 N–H and O–H groups in total. The van der Waals surface area contributed by atoms with Gasteiger partial charge in [0.1, 0.15) is 0 Å². The summed E-state index contributed by atoms with van der Waals surface area (Å²) in [5.74, 6) is 0.543. The summed E-state index contributed by atoms with van der Waals surface area (Å²) in [4.78, 5) is 18.6. The fourth-order valence-corrected chi connectivity index (χ4v) is 1.91. The highest BCUT2D eigenvalue weighted by Gasteiger charge is 2.13. The van der Waals surface area contributed by atoms with E-state index in [0.717, 1.165) is 25.9 Å². The Bertz CT molecular complexity index is 414. The maximum Gasteiger partial charge on any atom is 0.293 e. The molecule has 0 bridgehead atoms. The van der Waals surface area contributed by atoms with Crippen LogP contribution in [0, 0.1) is 0 Å². The van der Waals surface area contributed by atoms with Crippen molar-refractivity contribution in [3.05, 3.63) is 22.7 Å². The Labute approximate surface area is 109 Å². The fourth-order valence-electron chi connectivity index (χ4n) is 1.91. The fraction of sp³-hybridized carbons (Fsp3) is 0.692. The van der Waals surface area contributed by atoms with Crippen molar-refractivity contribution >= 4 is 5.82 Å². The Balaban J connectivity index is 3.04. The molecule has 0 aliphatic carbocycles. The van der Waals surface area contributed by atoms with Gasteiger partial charge in [-0.15, -0.1) is 0 Å². The monoisotopic (exact) mass is 252 g/mol. The lowest BCUT2D eigenvalue weighted by molar-refractivity contribution is 0.569. The minimum absolute atomic E-state index is 0.0158. The van der Waals surface area contributed by atoms with Crippen LogP contribution in [0.25, 0.3) is 0 Å². The van der Waals surface area contributed by atoms with E-state index in [-0.39, 0.29) is 11.6 Å². The molecule has 0 radical (unpaired) electrons. The van der Waals surface area contributed by atoms with Crippen LogP contribution in [0.3, 0.4) is 0 Å². The second kappa shape index (κ2) is 7.16. The summed E-state index contributed by atoms with van der Waals surface area (Å²) in [6.07, 6.45) is 5.30. The molecule has 1 rings (SSSR count). The van der Waals surface area contributed by atoms with Crippen molar-refractivity contribution in [3.8, 4) is 0 Å². The van der Waals surface area contributed by atoms with E-state index < -0.39 is 0 Å². The van der Waals surface area contributed by atoms with Crippen LogP contribution >= 0.6 is 0 Å². The van der Waals surface area contributed by atoms with Gasteiger partial charge >= 0.3 is 0 Å². The topological polar surface area (TPSA) is 64.2 Å². The Morgan fingerprint density at radius 2 is 2.17 bits per heavy atom. The summed E-state index contributed by atoms with van der Waals surface area (Å²) in [5.41, 5.74) is 5.52. The molecule has 5 nitrogen and oxygen atoms in total. The first kappa shape index (κ1) is 14.7. The average molecular weight is 252 g/mol. The number of hydrogen-bond acceptors (Lipinski definition) is 4. The van der Waals surface area contributed by atoms with Crippen molar-refractivity contribution in [2.75, 3.05) is 24.5 Å². The maximum atomic E-state index is 12.3. The van der Waals surface area contributed by atoms with E-state index in [1.54, 1.807) is 17.0 Å². The van der Waals surface area contributed by atoms with Crippen LogP contribution in [0.5, 0.6) is 0 Å². The molecular formula is C13H24N4O. The van der Waals surface area contributed by atoms with E-state index in [2.05, 4.69) is 11.9 Å². The Morgan fingerprint density at radius 1 is 1.44 bits per heavy atom. The molecular weight excluding hydrogens is 228 g/mol. The zero-order valence-electron chi connectivity index (χ0n) is 11.6. The van der Waals surface area contributed by atoms with Crippen molar-refractivity contribution in [2.45, 2.75) is 39.7 Å². The summed E-state index contributed by atoms with van der Waals surface area (Å²) in [5, 5.41) is 0. The second-order valence-electron chi connectivity index (χ2n) is 4.69. The molecule has 0 atom stereocenters. The van der Waals surface area contributed by atoms with Crippen molar-refractivity contribution < 1.29 is 0 Å². The minimum atomic E-state index is -0.0158. The predicted octanol–water partition coefficient (Wildman–Crippen LogP) is 1.39. The van der Waals surface area contributed by atoms with Crippen molar-refractivity contribution in [1.82, 2.24) is 9.55 Å². The van der Waals surface area contributed by atoms with Crippen LogP contribution in [0.4, 0.5) is 5.82 Å². The van der Waals surface area contributed by atoms with Gasteiger partial charge in [-0.05, 0) is 33.2 Å². The van der Waals surface area contributed by atoms with Crippen LogP contribution in [0.15, 0.2) is 17.2 Å². The molecule has 1 aromatic heterocycles. The van der Waals surface area contributed by atoms with E-state index in [1.165, 1.54) is 0 Å². The van der Waals surface area contributed by atoms with E-state index in [4.69, 9.17) is 5.73 Å². The molecule has 5 heteroatoms. The molecule has 1 heterocycles. The zero-order chi connectivity index (χ0) is 13.5. The van der Waals surface area contributed by atoms with Crippen LogP contribution < -0.4 is 16.2 Å². The molecule has 0 aliphatic rings. The maximum absolute atomic E-state index is 12.3. The van der Waals surface area contributed by atoms with Crippen molar-refractivity contribution in [3.63, 3.8) is 0 Å². The number of hydrogen-bond donors (Lipinski definition) is 1. The average Bonchev–Trinajstić information content (AvgIpc) is 2.34. The number of nitrogens with zero attached hydrogens (tertiary/aromatic N) is 3. The van der Waals surface area contributed by atoms with Crippen LogP contribution in [0.2, 0.25) is 0 Å². The third-order valence-corrected chi connectivity index (χ3v) is 2.83. The van der Waals surface area contributed by atoms with Gasteiger partial charge in [0, 0.05) is 31.5 Å². The molecule has 0 unspecified atom stereocenters. The largest absolute Gasteiger partial charge is 0.352 e. The first-order valence-electron chi connectivity index (χ1n) is 6.64. The SMILES string of the molecule is CCCN(CCCN)c1nccn(C(C)C)c1=O. The first-order chi connectivity index (χ1) is 8.61. The van der Waals surface area contributed by atoms with E-state index in [1.807, 2.05) is 18.7 Å². The minimum Gasteiger partial charge on any atom is -0.352 e. The summed E-state index contributed by atoms with van der Waals surface area (Å²) < 4.78 is 1.72. The lowest BCUT2D eigenvalue weighted by Crippen LogP contribution is -2.35. The number of aromatic nitrogens is 2. The number of anilines is 1. The smallest absolute Gasteiger partial charge is 0.293 e. The Morgan fingerprint density at radius 3 is 2.72 bits per heavy atom. The Kier molecular flexibility index (Phi) is 5.85. The van der Waals surface area contributed by atoms with Gasteiger partial charge in [-0.1, -0.05) is 6.92 Å².